The highest BCUT2D eigenvalue weighted by atomic mass is 32.1. The summed E-state index contributed by atoms with van der Waals surface area (Å²) < 4.78 is 4.89. The van der Waals surface area contributed by atoms with Gasteiger partial charge in [-0.2, -0.15) is 0 Å². The van der Waals surface area contributed by atoms with Crippen LogP contribution in [0.3, 0.4) is 0 Å². The summed E-state index contributed by atoms with van der Waals surface area (Å²) in [7, 11) is 0. The molecule has 0 unspecified atom stereocenters. The first-order chi connectivity index (χ1) is 16.5. The number of imide groups is 1. The van der Waals surface area contributed by atoms with E-state index in [1.807, 2.05) is 30.3 Å². The molecule has 4 amide bonds. The lowest BCUT2D eigenvalue weighted by Gasteiger charge is -2.13. The fourth-order valence-electron chi connectivity index (χ4n) is 3.53. The monoisotopic (exact) mass is 478 g/mol. The molecule has 2 aromatic carbocycles. The number of carbonyl (C=O) groups is 4. The van der Waals surface area contributed by atoms with Crippen LogP contribution in [0.4, 0.5) is 14.9 Å². The standard InChI is InChI=1S/C24H22N4O5S/c1-2-33-24(32)27-23-26-19(15-9-4-3-5-10-15)20(34-23)25-18(29)13-8-14-28-21(30)16-11-6-7-12-17(16)22(28)31/h3-7,9-12H,2,8,13-14H2,1H3,(H,25,29)(H,26,27,32). The van der Waals surface area contributed by atoms with Crippen molar-refractivity contribution in [1.82, 2.24) is 9.88 Å². The van der Waals surface area contributed by atoms with E-state index in [9.17, 15) is 19.2 Å². The van der Waals surface area contributed by atoms with Gasteiger partial charge in [-0.25, -0.2) is 9.78 Å². The number of carbonyl (C=O) groups excluding carboxylic acids is 4. The van der Waals surface area contributed by atoms with Gasteiger partial charge in [-0.15, -0.1) is 0 Å². The molecule has 0 saturated heterocycles. The Morgan fingerprint density at radius 1 is 0.971 bits per heavy atom. The average molecular weight is 479 g/mol. The van der Waals surface area contributed by atoms with E-state index in [4.69, 9.17) is 4.74 Å². The largest absolute Gasteiger partial charge is 0.450 e. The van der Waals surface area contributed by atoms with E-state index >= 15 is 0 Å². The summed E-state index contributed by atoms with van der Waals surface area (Å²) in [5.74, 6) is -0.978. The Morgan fingerprint density at radius 2 is 1.62 bits per heavy atom. The van der Waals surface area contributed by atoms with E-state index in [1.165, 1.54) is 4.90 Å². The number of thiazole rings is 1. The summed E-state index contributed by atoms with van der Waals surface area (Å²) in [6, 6.07) is 15.9. The van der Waals surface area contributed by atoms with Crippen molar-refractivity contribution >= 4 is 45.3 Å². The molecule has 4 rings (SSSR count). The maximum absolute atomic E-state index is 12.7. The van der Waals surface area contributed by atoms with Gasteiger partial charge in [0.2, 0.25) is 5.91 Å². The second kappa shape index (κ2) is 10.3. The summed E-state index contributed by atoms with van der Waals surface area (Å²) >= 11 is 1.11. The molecular formula is C24H22N4O5S. The molecule has 2 heterocycles. The first kappa shape index (κ1) is 23.1. The molecule has 3 aromatic rings. The van der Waals surface area contributed by atoms with Crippen LogP contribution in [0.1, 0.15) is 40.5 Å². The maximum atomic E-state index is 12.7. The number of ether oxygens (including phenoxy) is 1. The topological polar surface area (TPSA) is 118 Å². The van der Waals surface area contributed by atoms with Crippen LogP contribution in [-0.4, -0.2) is 46.9 Å². The predicted molar refractivity (Wildman–Crippen MR) is 128 cm³/mol. The number of amides is 4. The number of hydrogen-bond donors (Lipinski definition) is 2. The molecule has 0 fully saturated rings. The van der Waals surface area contributed by atoms with E-state index in [2.05, 4.69) is 15.6 Å². The second-order valence-electron chi connectivity index (χ2n) is 7.37. The number of benzene rings is 2. The number of nitrogens with one attached hydrogen (secondary N) is 2. The zero-order valence-electron chi connectivity index (χ0n) is 18.4. The Labute approximate surface area is 199 Å². The van der Waals surface area contributed by atoms with Crippen molar-refractivity contribution in [2.24, 2.45) is 0 Å². The lowest BCUT2D eigenvalue weighted by atomic mass is 10.1. The van der Waals surface area contributed by atoms with Crippen molar-refractivity contribution < 1.29 is 23.9 Å². The van der Waals surface area contributed by atoms with Crippen LogP contribution in [0.25, 0.3) is 11.3 Å². The third-order valence-electron chi connectivity index (χ3n) is 5.08. The Balaban J connectivity index is 1.40. The summed E-state index contributed by atoms with van der Waals surface area (Å²) in [6.07, 6.45) is -0.222. The van der Waals surface area contributed by atoms with Crippen LogP contribution in [-0.2, 0) is 9.53 Å². The lowest BCUT2D eigenvalue weighted by Crippen LogP contribution is -2.31. The molecule has 0 spiro atoms. The fraction of sp³-hybridized carbons (Fsp3) is 0.208. The summed E-state index contributed by atoms with van der Waals surface area (Å²) in [5, 5.41) is 6.16. The van der Waals surface area contributed by atoms with Crippen LogP contribution < -0.4 is 10.6 Å². The van der Waals surface area contributed by atoms with Crippen LogP contribution in [0, 0.1) is 0 Å². The SMILES string of the molecule is CCOC(=O)Nc1nc(-c2ccccc2)c(NC(=O)CCCN2C(=O)c3ccccc3C2=O)s1. The zero-order valence-corrected chi connectivity index (χ0v) is 19.2. The molecule has 9 nitrogen and oxygen atoms in total. The van der Waals surface area contributed by atoms with Gasteiger partial charge in [-0.3, -0.25) is 24.6 Å². The molecule has 0 atom stereocenters. The third-order valence-corrected chi connectivity index (χ3v) is 5.96. The molecule has 0 radical (unpaired) electrons. The number of fused-ring (bicyclic) bond motifs is 1. The van der Waals surface area contributed by atoms with E-state index < -0.39 is 6.09 Å². The van der Waals surface area contributed by atoms with Gasteiger partial charge in [-0.1, -0.05) is 53.8 Å². The maximum Gasteiger partial charge on any atom is 0.413 e. The van der Waals surface area contributed by atoms with Crippen molar-refractivity contribution in [2.75, 3.05) is 23.8 Å². The first-order valence-corrected chi connectivity index (χ1v) is 11.5. The molecule has 1 aromatic heterocycles. The van der Waals surface area contributed by atoms with Crippen LogP contribution in [0.15, 0.2) is 54.6 Å². The van der Waals surface area contributed by atoms with Gasteiger partial charge in [0.05, 0.1) is 17.7 Å². The van der Waals surface area contributed by atoms with Gasteiger partial charge in [-0.05, 0) is 25.5 Å². The van der Waals surface area contributed by atoms with Gasteiger partial charge in [0.25, 0.3) is 11.8 Å². The summed E-state index contributed by atoms with van der Waals surface area (Å²) in [6.45, 7) is 2.06. The highest BCUT2D eigenvalue weighted by Gasteiger charge is 2.34. The van der Waals surface area contributed by atoms with Gasteiger partial charge in [0, 0.05) is 18.5 Å². The van der Waals surface area contributed by atoms with Crippen molar-refractivity contribution in [2.45, 2.75) is 19.8 Å². The Hall–Kier alpha value is -4.05. The van der Waals surface area contributed by atoms with Crippen molar-refractivity contribution in [3.05, 3.63) is 65.7 Å². The number of anilines is 2. The van der Waals surface area contributed by atoms with Crippen molar-refractivity contribution in [3.63, 3.8) is 0 Å². The van der Waals surface area contributed by atoms with E-state index in [1.54, 1.807) is 31.2 Å². The second-order valence-corrected chi connectivity index (χ2v) is 8.37. The predicted octanol–water partition coefficient (Wildman–Crippen LogP) is 4.39. The van der Waals surface area contributed by atoms with Gasteiger partial charge >= 0.3 is 6.09 Å². The molecule has 174 valence electrons. The summed E-state index contributed by atoms with van der Waals surface area (Å²) in [5.41, 5.74) is 2.06. The highest BCUT2D eigenvalue weighted by molar-refractivity contribution is 7.20. The minimum atomic E-state index is -0.630. The zero-order chi connectivity index (χ0) is 24.1. The first-order valence-electron chi connectivity index (χ1n) is 10.7. The molecule has 1 aliphatic heterocycles. The van der Waals surface area contributed by atoms with Gasteiger partial charge in [0.15, 0.2) is 5.13 Å². The van der Waals surface area contributed by atoms with Crippen molar-refractivity contribution in [3.8, 4) is 11.3 Å². The number of aromatic nitrogens is 1. The molecule has 34 heavy (non-hydrogen) atoms. The van der Waals surface area contributed by atoms with Crippen LogP contribution in [0.5, 0.6) is 0 Å². The quantitative estimate of drug-likeness (QED) is 0.464. The number of rotatable bonds is 8. The minimum absolute atomic E-state index is 0.0974. The highest BCUT2D eigenvalue weighted by Crippen LogP contribution is 2.36. The van der Waals surface area contributed by atoms with Crippen LogP contribution >= 0.6 is 11.3 Å². The van der Waals surface area contributed by atoms with Crippen LogP contribution in [0.2, 0.25) is 0 Å². The molecule has 2 N–H and O–H groups in total. The smallest absolute Gasteiger partial charge is 0.413 e. The van der Waals surface area contributed by atoms with Gasteiger partial charge in [0.1, 0.15) is 10.7 Å². The molecular weight excluding hydrogens is 456 g/mol. The van der Waals surface area contributed by atoms with Gasteiger partial charge < -0.3 is 10.1 Å². The van der Waals surface area contributed by atoms with Crippen molar-refractivity contribution in [1.29, 1.82) is 0 Å². The summed E-state index contributed by atoms with van der Waals surface area (Å²) in [4.78, 5) is 55.0. The molecule has 0 saturated carbocycles. The lowest BCUT2D eigenvalue weighted by molar-refractivity contribution is -0.116. The van der Waals surface area contributed by atoms with E-state index in [0.717, 1.165) is 16.9 Å². The molecule has 0 aliphatic carbocycles. The molecule has 10 heteroatoms. The molecule has 1 aliphatic rings. The van der Waals surface area contributed by atoms with E-state index in [-0.39, 0.29) is 37.3 Å². The fourth-order valence-corrected chi connectivity index (χ4v) is 4.42. The van der Waals surface area contributed by atoms with E-state index in [0.29, 0.717) is 33.4 Å². The number of hydrogen-bond acceptors (Lipinski definition) is 7. The minimum Gasteiger partial charge on any atom is -0.450 e. The Kier molecular flexibility index (Phi) is 6.98. The Morgan fingerprint density at radius 3 is 2.26 bits per heavy atom. The average Bonchev–Trinajstić information content (AvgIpc) is 3.33. The Bertz CT molecular complexity index is 1210. The molecule has 0 bridgehead atoms. The normalized spacial score (nSPS) is 12.4. The number of nitrogens with zero attached hydrogens (tertiary/aromatic N) is 2. The third kappa shape index (κ3) is 4.96.